The number of cyclic esters (lactones) is 1. The quantitative estimate of drug-likeness (QED) is 0.246. The largest absolute Gasteiger partial charge is 0.441 e. The molecule has 1 aromatic rings. The van der Waals surface area contributed by atoms with Gasteiger partial charge in [-0.05, 0) is 37.5 Å². The van der Waals surface area contributed by atoms with E-state index in [1.165, 1.54) is 0 Å². The monoisotopic (exact) mass is 525 g/mol. The van der Waals surface area contributed by atoms with Crippen LogP contribution in [0, 0.1) is 0 Å². The van der Waals surface area contributed by atoms with Crippen molar-refractivity contribution in [2.24, 2.45) is 0 Å². The number of ether oxygens (including phenoxy) is 6. The van der Waals surface area contributed by atoms with Crippen LogP contribution in [0.15, 0.2) is 30.3 Å². The smallest absolute Gasteiger partial charge is 0.408 e. The fraction of sp³-hybridized carbons (Fsp3) is 0.731. The number of carbonyl (C=O) groups is 1. The Balaban J connectivity index is 1.82. The third-order valence-electron chi connectivity index (χ3n) is 7.10. The van der Waals surface area contributed by atoms with E-state index >= 15 is 0 Å². The predicted octanol–water partition coefficient (Wildman–Crippen LogP) is 4.21. The Morgan fingerprint density at radius 1 is 1.06 bits per heavy atom. The first-order chi connectivity index (χ1) is 16.8. The molecule has 3 rings (SSSR count). The molecule has 0 aromatic heterocycles. The first kappa shape index (κ1) is 29.0. The average Bonchev–Trinajstić information content (AvgIpc) is 3.28. The molecule has 0 saturated carbocycles. The third kappa shape index (κ3) is 7.06. The van der Waals surface area contributed by atoms with Gasteiger partial charge in [0.15, 0.2) is 20.2 Å². The Kier molecular flexibility index (Phi) is 9.25. The van der Waals surface area contributed by atoms with Gasteiger partial charge in [0.05, 0.1) is 26.4 Å². The summed E-state index contributed by atoms with van der Waals surface area (Å²) in [7, 11) is -0.600. The lowest BCUT2D eigenvalue weighted by atomic mass is 9.89. The molecule has 0 radical (unpaired) electrons. The molecule has 36 heavy (non-hydrogen) atoms. The average molecular weight is 526 g/mol. The van der Waals surface area contributed by atoms with Gasteiger partial charge in [-0.1, -0.05) is 51.1 Å². The van der Waals surface area contributed by atoms with Crippen molar-refractivity contribution in [3.8, 4) is 0 Å². The Morgan fingerprint density at radius 2 is 1.75 bits per heavy atom. The van der Waals surface area contributed by atoms with Crippen molar-refractivity contribution in [2.45, 2.75) is 89.0 Å². The first-order valence-corrected chi connectivity index (χ1v) is 15.4. The van der Waals surface area contributed by atoms with E-state index in [0.29, 0.717) is 6.61 Å². The normalized spacial score (nSPS) is 28.2. The maximum atomic E-state index is 12.7. The van der Waals surface area contributed by atoms with Crippen LogP contribution < -0.4 is 5.32 Å². The molecule has 4 atom stereocenters. The summed E-state index contributed by atoms with van der Waals surface area (Å²) in [5.41, 5.74) is 0.0725. The number of benzene rings is 1. The van der Waals surface area contributed by atoms with Crippen LogP contribution in [0.3, 0.4) is 0 Å². The fourth-order valence-corrected chi connectivity index (χ4v) is 5.19. The van der Waals surface area contributed by atoms with Crippen LogP contribution >= 0.6 is 0 Å². The number of rotatable bonds is 12. The molecule has 2 saturated heterocycles. The number of nitrogens with one attached hydrogen (secondary N) is 1. The lowest BCUT2D eigenvalue weighted by Gasteiger charge is -2.41. The lowest BCUT2D eigenvalue weighted by molar-refractivity contribution is -0.162. The molecule has 0 aliphatic carbocycles. The Labute approximate surface area is 216 Å². The van der Waals surface area contributed by atoms with E-state index in [0.717, 1.165) is 5.56 Å². The van der Waals surface area contributed by atoms with Gasteiger partial charge in [0.1, 0.15) is 24.5 Å². The molecule has 2 heterocycles. The highest BCUT2D eigenvalue weighted by atomic mass is 28.4. The molecule has 10 heteroatoms. The number of carbonyl (C=O) groups excluding carboxylic acids is 1. The summed E-state index contributed by atoms with van der Waals surface area (Å²) in [6, 6.07) is 9.92. The van der Waals surface area contributed by atoms with Gasteiger partial charge in [-0.3, -0.25) is 0 Å². The van der Waals surface area contributed by atoms with Gasteiger partial charge >= 0.3 is 6.09 Å². The second-order valence-electron chi connectivity index (χ2n) is 11.6. The van der Waals surface area contributed by atoms with Crippen molar-refractivity contribution >= 4 is 14.4 Å². The van der Waals surface area contributed by atoms with Crippen molar-refractivity contribution < 1.29 is 37.6 Å². The highest BCUT2D eigenvalue weighted by Crippen LogP contribution is 2.40. The molecule has 1 amide bonds. The minimum Gasteiger partial charge on any atom is -0.441 e. The fourth-order valence-electron chi connectivity index (χ4n) is 4.14. The summed E-state index contributed by atoms with van der Waals surface area (Å²) in [5, 5.41) is 2.98. The molecule has 0 bridgehead atoms. The molecule has 2 aliphatic heterocycles. The number of alkyl carbamates (subject to hydrolysis) is 1. The van der Waals surface area contributed by atoms with Crippen LogP contribution in [0.2, 0.25) is 18.1 Å². The highest BCUT2D eigenvalue weighted by Gasteiger charge is 2.59. The zero-order chi connectivity index (χ0) is 26.6. The van der Waals surface area contributed by atoms with Crippen molar-refractivity contribution in [3.05, 3.63) is 35.9 Å². The Hall–Kier alpha value is -1.53. The zero-order valence-corrected chi connectivity index (χ0v) is 23.9. The van der Waals surface area contributed by atoms with Crippen LogP contribution in [0.5, 0.6) is 0 Å². The number of methoxy groups -OCH3 is 1. The minimum absolute atomic E-state index is 0.0106. The molecule has 1 aromatic carbocycles. The van der Waals surface area contributed by atoms with E-state index in [1.807, 2.05) is 44.2 Å². The topological polar surface area (TPSA) is 93.7 Å². The van der Waals surface area contributed by atoms with E-state index in [1.54, 1.807) is 7.11 Å². The minimum atomic E-state index is -2.15. The predicted molar refractivity (Wildman–Crippen MR) is 137 cm³/mol. The molecule has 9 nitrogen and oxygen atoms in total. The number of amides is 1. The lowest BCUT2D eigenvalue weighted by Crippen LogP contribution is -2.62. The van der Waals surface area contributed by atoms with Gasteiger partial charge in [0.2, 0.25) is 0 Å². The summed E-state index contributed by atoms with van der Waals surface area (Å²) in [4.78, 5) is 12.7. The summed E-state index contributed by atoms with van der Waals surface area (Å²) in [6.45, 7) is 15.7. The maximum absolute atomic E-state index is 12.7. The number of hydrogen-bond acceptors (Lipinski definition) is 8. The van der Waals surface area contributed by atoms with E-state index in [-0.39, 0.29) is 31.7 Å². The molecule has 1 N–H and O–H groups in total. The molecule has 0 unspecified atom stereocenters. The van der Waals surface area contributed by atoms with E-state index in [9.17, 15) is 4.79 Å². The molecule has 2 aliphatic rings. The molecule has 2 fully saturated rings. The van der Waals surface area contributed by atoms with Gasteiger partial charge in [0, 0.05) is 7.11 Å². The second kappa shape index (κ2) is 11.5. The molecule has 0 spiro atoms. The zero-order valence-electron chi connectivity index (χ0n) is 22.9. The van der Waals surface area contributed by atoms with Gasteiger partial charge in [-0.25, -0.2) is 4.79 Å². The van der Waals surface area contributed by atoms with Crippen molar-refractivity contribution in [1.29, 1.82) is 0 Å². The molecule has 204 valence electrons. The van der Waals surface area contributed by atoms with Gasteiger partial charge in [0.25, 0.3) is 0 Å². The summed E-state index contributed by atoms with van der Waals surface area (Å²) in [6.07, 6.45) is -2.32. The van der Waals surface area contributed by atoms with E-state index < -0.39 is 44.0 Å². The van der Waals surface area contributed by atoms with E-state index in [4.69, 9.17) is 32.8 Å². The van der Waals surface area contributed by atoms with Crippen molar-refractivity contribution in [3.63, 3.8) is 0 Å². The van der Waals surface area contributed by atoms with Gasteiger partial charge < -0.3 is 38.2 Å². The Bertz CT molecular complexity index is 859. The SMILES string of the molecule is COCOC[C@@]1(CO[Si](C)(C)C(C)(C)C)NC(=O)O[C@H]1[C@@H]1OC(C)(C)O[C@H]1COCc1ccccc1. The van der Waals surface area contributed by atoms with Crippen molar-refractivity contribution in [1.82, 2.24) is 5.32 Å². The van der Waals surface area contributed by atoms with Crippen LogP contribution in [-0.4, -0.2) is 77.8 Å². The Morgan fingerprint density at radius 3 is 2.39 bits per heavy atom. The van der Waals surface area contributed by atoms with Crippen LogP contribution in [-0.2, 0) is 39.5 Å². The highest BCUT2D eigenvalue weighted by molar-refractivity contribution is 6.74. The standard InChI is InChI=1S/C26H43NO8Si/c1-24(2,3)36(7,8)32-17-26(16-31-18-29-6)22(33-23(28)27-26)21-20(34-25(4,5)35-21)15-30-14-19-12-10-9-11-13-19/h9-13,20-22H,14-18H2,1-8H3,(H,27,28)/t20-,21+,22-,26-/m0/s1. The second-order valence-corrected chi connectivity index (χ2v) is 16.4. The van der Waals surface area contributed by atoms with Crippen LogP contribution in [0.25, 0.3) is 0 Å². The summed E-state index contributed by atoms with van der Waals surface area (Å²) in [5.74, 6) is -0.875. The maximum Gasteiger partial charge on any atom is 0.408 e. The molecular weight excluding hydrogens is 482 g/mol. The first-order valence-electron chi connectivity index (χ1n) is 12.5. The summed E-state index contributed by atoms with van der Waals surface area (Å²) < 4.78 is 41.8. The molecular formula is C26H43NO8Si. The third-order valence-corrected chi connectivity index (χ3v) is 11.6. The van der Waals surface area contributed by atoms with Crippen LogP contribution in [0.1, 0.15) is 40.2 Å². The van der Waals surface area contributed by atoms with Crippen LogP contribution in [0.4, 0.5) is 4.79 Å². The number of hydrogen-bond donors (Lipinski definition) is 1. The summed E-state index contributed by atoms with van der Waals surface area (Å²) >= 11 is 0. The van der Waals surface area contributed by atoms with Crippen molar-refractivity contribution in [2.75, 3.05) is 33.7 Å². The van der Waals surface area contributed by atoms with E-state index in [2.05, 4.69) is 39.2 Å². The van der Waals surface area contributed by atoms with Gasteiger partial charge in [-0.15, -0.1) is 0 Å². The van der Waals surface area contributed by atoms with Gasteiger partial charge in [-0.2, -0.15) is 0 Å².